The van der Waals surface area contributed by atoms with Gasteiger partial charge in [-0.2, -0.15) is 0 Å². The lowest BCUT2D eigenvalue weighted by Gasteiger charge is -2.32. The number of hydrogen-bond donors (Lipinski definition) is 0. The first-order valence-electron chi connectivity index (χ1n) is 48.0. The Balaban J connectivity index is 0.000000112. The van der Waals surface area contributed by atoms with Crippen LogP contribution in [0.25, 0.3) is 195 Å². The zero-order chi connectivity index (χ0) is 98.6. The molecule has 2 aliphatic rings. The average Bonchev–Trinajstić information content (AvgIpc) is 1.57. The zero-order valence-electron chi connectivity index (χ0n) is 80.5. The Bertz CT molecular complexity index is 8560. The fourth-order valence-corrected chi connectivity index (χ4v) is 22.0. The first kappa shape index (κ1) is 95.7. The van der Waals surface area contributed by atoms with Crippen molar-refractivity contribution in [2.45, 2.75) is 77.8 Å². The normalized spacial score (nSPS) is 13.7. The molecular weight excluding hydrogens is 1890 g/mol. The molecule has 0 N–H and O–H groups in total. The molecule has 23 aromatic rings. The summed E-state index contributed by atoms with van der Waals surface area (Å²) < 4.78 is 31.3. The summed E-state index contributed by atoms with van der Waals surface area (Å²) in [5.74, 6) is 0.727. The van der Waals surface area contributed by atoms with Gasteiger partial charge in [0.05, 0.1) is 64.4 Å². The van der Waals surface area contributed by atoms with Crippen molar-refractivity contribution in [3.8, 4) is 134 Å². The van der Waals surface area contributed by atoms with Crippen LogP contribution in [0, 0.1) is 0 Å². The molecule has 2 fully saturated rings. The molecule has 0 radical (unpaired) electrons. The highest BCUT2D eigenvalue weighted by Crippen LogP contribution is 2.46. The Morgan fingerprint density at radius 3 is 0.826 bits per heavy atom. The van der Waals surface area contributed by atoms with Gasteiger partial charge in [0.1, 0.15) is 0 Å². The molecule has 2 aliphatic heterocycles. The van der Waals surface area contributed by atoms with Gasteiger partial charge < -0.3 is 18.6 Å². The van der Waals surface area contributed by atoms with Crippen LogP contribution in [0.3, 0.4) is 0 Å². The van der Waals surface area contributed by atoms with Crippen LogP contribution in [-0.2, 0) is 18.6 Å². The number of fused-ring (bicyclic) bond motifs is 9. The number of thiophene rings is 3. The van der Waals surface area contributed by atoms with Gasteiger partial charge in [-0.1, -0.05) is 400 Å². The predicted octanol–water partition coefficient (Wildman–Crippen LogP) is 34.5. The molecule has 10 nitrogen and oxygen atoms in total. The quantitative estimate of drug-likeness (QED) is 0.0592. The molecule has 17 aromatic carbocycles. The lowest BCUT2D eigenvalue weighted by atomic mass is 9.78. The van der Waals surface area contributed by atoms with E-state index in [4.69, 9.17) is 63.4 Å². The van der Waals surface area contributed by atoms with Gasteiger partial charge in [0.2, 0.25) is 10.6 Å². The van der Waals surface area contributed by atoms with E-state index >= 15 is 0 Å². The lowest BCUT2D eigenvalue weighted by Crippen LogP contribution is -2.41. The molecule has 8 heterocycles. The summed E-state index contributed by atoms with van der Waals surface area (Å²) in [5, 5.41) is 4.25. The maximum absolute atomic E-state index is 6.27. The summed E-state index contributed by atoms with van der Waals surface area (Å²) in [6.45, 7) is 16.6. The van der Waals surface area contributed by atoms with E-state index in [0.717, 1.165) is 113 Å². The van der Waals surface area contributed by atoms with Crippen molar-refractivity contribution < 1.29 is 18.6 Å². The van der Waals surface area contributed by atoms with Crippen LogP contribution in [0.15, 0.2) is 443 Å². The minimum absolute atomic E-state index is 0.191. The molecule has 700 valence electrons. The first-order valence-corrected chi connectivity index (χ1v) is 51.6. The molecular formula is C126H97B2Cl3N6O4S3. The molecule has 0 bridgehead atoms. The van der Waals surface area contributed by atoms with Gasteiger partial charge in [-0.25, -0.2) is 29.9 Å². The van der Waals surface area contributed by atoms with Gasteiger partial charge in [-0.05, 0) is 244 Å². The smallest absolute Gasteiger partial charge is 0.399 e. The maximum atomic E-state index is 6.27. The number of rotatable bonds is 14. The number of halogens is 3. The fraction of sp³-hybridized carbons (Fsp3) is 0.0952. The second kappa shape index (κ2) is 41.4. The molecule has 0 saturated carbocycles. The van der Waals surface area contributed by atoms with E-state index in [1.165, 1.54) is 92.9 Å². The Morgan fingerprint density at radius 2 is 0.444 bits per heavy atom. The summed E-state index contributed by atoms with van der Waals surface area (Å²) in [6.07, 6.45) is 0. The van der Waals surface area contributed by atoms with Crippen LogP contribution in [0.5, 0.6) is 0 Å². The van der Waals surface area contributed by atoms with Gasteiger partial charge in [0.15, 0.2) is 11.0 Å². The van der Waals surface area contributed by atoms with E-state index in [0.29, 0.717) is 5.15 Å². The van der Waals surface area contributed by atoms with Gasteiger partial charge in [-0.15, -0.1) is 34.0 Å². The third kappa shape index (κ3) is 20.6. The van der Waals surface area contributed by atoms with Crippen LogP contribution in [-0.4, -0.2) is 66.5 Å². The third-order valence-corrected chi connectivity index (χ3v) is 31.4. The second-order valence-electron chi connectivity index (χ2n) is 37.7. The highest BCUT2D eigenvalue weighted by Gasteiger charge is 2.53. The van der Waals surface area contributed by atoms with E-state index in [9.17, 15) is 0 Å². The Labute approximate surface area is 866 Å². The molecule has 25 rings (SSSR count). The second-order valence-corrected chi connectivity index (χ2v) is 41.9. The first-order chi connectivity index (χ1) is 70.0. The summed E-state index contributed by atoms with van der Waals surface area (Å²) in [7, 11) is -0.644. The topological polar surface area (TPSA) is 114 Å². The van der Waals surface area contributed by atoms with Crippen LogP contribution < -0.4 is 10.9 Å². The van der Waals surface area contributed by atoms with Crippen molar-refractivity contribution in [3.63, 3.8) is 0 Å². The van der Waals surface area contributed by atoms with Crippen molar-refractivity contribution in [3.05, 3.63) is 459 Å². The highest BCUT2D eigenvalue weighted by molar-refractivity contribution is 7.27. The van der Waals surface area contributed by atoms with E-state index in [1.54, 1.807) is 34.0 Å². The summed E-state index contributed by atoms with van der Waals surface area (Å²) in [5.41, 5.74) is 30.0. The van der Waals surface area contributed by atoms with Crippen LogP contribution in [0.1, 0.15) is 55.4 Å². The summed E-state index contributed by atoms with van der Waals surface area (Å²) >= 11 is 23.1. The standard InChI is InChI=1S/C46H30N2S.C30H29BO2.C22H13ClN2S.C18H21BO2.C10H4Cl2N2S/c1-3-12-31(13-4-1)33-24-26-34(27-25-33)35-16-9-18-37(28-35)38-19-11-21-40(30-38)46-47-43(45-44(48-46)41-22-7-8-23-42(41)49-45)39-20-10-17-36(29-39)32-14-5-2-6-15-32;1-29(2)30(3,4)33-31(32-29)28-18-16-23(17-19-28)25-13-9-15-27(21-25)26-14-8-12-24(20-26)22-10-6-5-7-11-22;23-22-24-19(21-20(25-22)17-11-4-5-12-18(17)26-21)16-10-6-9-15(13-16)14-7-2-1-3-8-14;1-17(2)18(3,4)21-19(20-17)16-12-8-11-15(13-16)14-9-6-5-7-10-14;11-9-8-7(13-10(12)14-9)5-3-1-2-4-6(5)15-8/h1-30H;5-21H,1-4H3;1-13H;5-13H,1-4H3;1-4H. The number of aromatic nitrogens is 6. The highest BCUT2D eigenvalue weighted by atomic mass is 35.5. The Hall–Kier alpha value is -14.5. The number of hydrogen-bond acceptors (Lipinski definition) is 13. The molecule has 0 unspecified atom stereocenters. The van der Waals surface area contributed by atoms with Gasteiger partial charge in [0, 0.05) is 46.9 Å². The van der Waals surface area contributed by atoms with Gasteiger partial charge >= 0.3 is 14.2 Å². The molecule has 0 amide bonds. The summed E-state index contributed by atoms with van der Waals surface area (Å²) in [6, 6.07) is 155. The molecule has 18 heteroatoms. The van der Waals surface area contributed by atoms with Crippen LogP contribution >= 0.6 is 68.8 Å². The van der Waals surface area contributed by atoms with E-state index in [-0.39, 0.29) is 47.2 Å². The zero-order valence-corrected chi connectivity index (χ0v) is 85.2. The fourth-order valence-electron chi connectivity index (χ4n) is 18.0. The van der Waals surface area contributed by atoms with E-state index in [2.05, 4.69) is 458 Å². The monoisotopic (exact) mass is 1980 g/mol. The van der Waals surface area contributed by atoms with Gasteiger partial charge in [-0.3, -0.25) is 0 Å². The van der Waals surface area contributed by atoms with Crippen LogP contribution in [0.4, 0.5) is 0 Å². The van der Waals surface area contributed by atoms with Crippen molar-refractivity contribution in [1.82, 2.24) is 29.9 Å². The molecule has 6 aromatic heterocycles. The van der Waals surface area contributed by atoms with E-state index < -0.39 is 0 Å². The maximum Gasteiger partial charge on any atom is 0.494 e. The minimum atomic E-state index is -0.337. The molecule has 0 spiro atoms. The predicted molar refractivity (Wildman–Crippen MR) is 609 cm³/mol. The van der Waals surface area contributed by atoms with Crippen molar-refractivity contribution in [2.75, 3.05) is 0 Å². The Kier molecular flexibility index (Phi) is 27.5. The molecule has 2 saturated heterocycles. The van der Waals surface area contributed by atoms with E-state index in [1.807, 2.05) is 60.7 Å². The lowest BCUT2D eigenvalue weighted by molar-refractivity contribution is 0.00578. The molecule has 0 atom stereocenters. The number of nitrogens with zero attached hydrogens (tertiary/aromatic N) is 6. The van der Waals surface area contributed by atoms with Crippen molar-refractivity contribution in [1.29, 1.82) is 0 Å². The van der Waals surface area contributed by atoms with Crippen LogP contribution in [0.2, 0.25) is 15.7 Å². The van der Waals surface area contributed by atoms with Gasteiger partial charge in [0.25, 0.3) is 0 Å². The van der Waals surface area contributed by atoms with Crippen molar-refractivity contribution >= 4 is 155 Å². The third-order valence-electron chi connectivity index (χ3n) is 27.1. The largest absolute Gasteiger partial charge is 0.494 e. The summed E-state index contributed by atoms with van der Waals surface area (Å²) in [4.78, 5) is 27.7. The van der Waals surface area contributed by atoms with Crippen molar-refractivity contribution in [2.24, 2.45) is 0 Å². The number of benzene rings is 17. The molecule has 144 heavy (non-hydrogen) atoms. The SMILES string of the molecule is CC1(C)OB(c2ccc(-c3cccc(-c4cccc(-c5ccccc5)c4)c3)cc2)OC1(C)C.CC1(C)OB(c2cccc(-c3ccccc3)c2)OC1(C)C.Clc1nc(-c2cccc(-c3ccccc3)c2)c2sc3ccccc3c2n1.Clc1nc(Cl)c2sc3ccccc3c2n1.c1ccc(-c2ccc(-c3cccc(-c4cccc(-c5nc(-c6cccc(-c7ccccc7)c6)c6sc7ccccc7c6n5)c4)c3)cc2)cc1. The average molecular weight is 1980 g/mol. The minimum Gasteiger partial charge on any atom is -0.399 e. The molecule has 0 aliphatic carbocycles. The Morgan fingerprint density at radius 1 is 0.201 bits per heavy atom.